The number of aromatic nitrogens is 2. The lowest BCUT2D eigenvalue weighted by Crippen LogP contribution is -2.47. The Morgan fingerprint density at radius 2 is 1.77 bits per heavy atom. The van der Waals surface area contributed by atoms with Crippen LogP contribution in [0.5, 0.6) is 5.75 Å². The maximum atomic E-state index is 15.9. The molecule has 4 aromatic rings. The van der Waals surface area contributed by atoms with E-state index in [4.69, 9.17) is 4.74 Å². The van der Waals surface area contributed by atoms with Crippen LogP contribution in [0.3, 0.4) is 0 Å². The van der Waals surface area contributed by atoms with Gasteiger partial charge in [-0.1, -0.05) is 12.1 Å². The maximum Gasteiger partial charge on any atom is 0.341 e. The summed E-state index contributed by atoms with van der Waals surface area (Å²) in [7, 11) is 1.42. The normalized spacial score (nSPS) is 15.6. The fourth-order valence-electron chi connectivity index (χ4n) is 6.10. The molecule has 0 spiro atoms. The molecule has 2 fully saturated rings. The van der Waals surface area contributed by atoms with Crippen molar-refractivity contribution in [3.05, 3.63) is 87.6 Å². The number of hydrogen-bond donors (Lipinski definition) is 1. The zero-order valence-electron chi connectivity index (χ0n) is 23.8. The van der Waals surface area contributed by atoms with Gasteiger partial charge in [0, 0.05) is 50.8 Å². The Balaban J connectivity index is 1.42. The number of halogens is 1. The molecule has 2 aromatic carbocycles. The molecule has 6 rings (SSSR count). The van der Waals surface area contributed by atoms with Crippen LogP contribution in [0.2, 0.25) is 0 Å². The minimum Gasteiger partial charge on any atom is -0.492 e. The summed E-state index contributed by atoms with van der Waals surface area (Å²) in [5, 5.41) is 19.2. The van der Waals surface area contributed by atoms with E-state index in [1.165, 1.54) is 26.1 Å². The zero-order chi connectivity index (χ0) is 30.1. The van der Waals surface area contributed by atoms with Crippen LogP contribution in [0, 0.1) is 17.1 Å². The fraction of sp³-hybridized carbons (Fsp3) is 0.312. The molecule has 0 bridgehead atoms. The van der Waals surface area contributed by atoms with Gasteiger partial charge in [-0.15, -0.1) is 0 Å². The van der Waals surface area contributed by atoms with E-state index in [9.17, 15) is 20.0 Å². The van der Waals surface area contributed by atoms with Gasteiger partial charge in [0.2, 0.25) is 5.43 Å². The summed E-state index contributed by atoms with van der Waals surface area (Å²) in [6, 6.07) is 14.4. The van der Waals surface area contributed by atoms with E-state index in [2.05, 4.69) is 16.0 Å². The number of nitriles is 1. The number of nitrogens with zero attached hydrogens (tertiary/aromatic N) is 6. The number of hydrogen-bond acceptors (Lipinski definition) is 8. The molecule has 2 aliphatic heterocycles. The number of fused-ring (bicyclic) bond motifs is 1. The van der Waals surface area contributed by atoms with Gasteiger partial charge in [-0.25, -0.2) is 14.2 Å². The highest BCUT2D eigenvalue weighted by Gasteiger charge is 2.29. The number of methoxy groups -OCH3 is 1. The Labute approximate surface area is 247 Å². The molecule has 220 valence electrons. The van der Waals surface area contributed by atoms with E-state index in [0.717, 1.165) is 31.3 Å². The number of carbonyl (C=O) groups is 1. The molecule has 0 radical (unpaired) electrons. The highest BCUT2D eigenvalue weighted by molar-refractivity contribution is 5.97. The van der Waals surface area contributed by atoms with Crippen molar-refractivity contribution in [3.8, 4) is 17.5 Å². The second kappa shape index (κ2) is 11.7. The predicted molar refractivity (Wildman–Crippen MR) is 161 cm³/mol. The van der Waals surface area contributed by atoms with E-state index in [0.29, 0.717) is 48.8 Å². The Bertz CT molecular complexity index is 1790. The molecule has 11 heteroatoms. The van der Waals surface area contributed by atoms with Crippen LogP contribution in [0.1, 0.15) is 34.3 Å². The molecule has 2 saturated heterocycles. The lowest BCUT2D eigenvalue weighted by molar-refractivity contribution is 0.0695. The monoisotopic (exact) mass is 582 g/mol. The molecule has 2 aromatic heterocycles. The molecule has 43 heavy (non-hydrogen) atoms. The number of benzene rings is 2. The minimum absolute atomic E-state index is 0.0788. The smallest absolute Gasteiger partial charge is 0.341 e. The van der Waals surface area contributed by atoms with Crippen LogP contribution in [-0.4, -0.2) is 71.9 Å². The lowest BCUT2D eigenvalue weighted by Gasteiger charge is -2.37. The van der Waals surface area contributed by atoms with Crippen LogP contribution < -0.4 is 20.0 Å². The van der Waals surface area contributed by atoms with Crippen LogP contribution in [0.4, 0.5) is 15.9 Å². The van der Waals surface area contributed by atoms with E-state index >= 15 is 4.39 Å². The van der Waals surface area contributed by atoms with Crippen molar-refractivity contribution in [3.63, 3.8) is 0 Å². The van der Waals surface area contributed by atoms with Gasteiger partial charge in [-0.05, 0) is 61.8 Å². The molecule has 1 N–H and O–H groups in total. The Hall–Kier alpha value is -4.95. The molecule has 0 atom stereocenters. The highest BCUT2D eigenvalue weighted by atomic mass is 19.1. The molecule has 2 aliphatic rings. The topological polar surface area (TPSA) is 115 Å². The van der Waals surface area contributed by atoms with Gasteiger partial charge in [0.25, 0.3) is 0 Å². The Morgan fingerprint density at radius 3 is 2.42 bits per heavy atom. The van der Waals surface area contributed by atoms with Gasteiger partial charge in [-0.3, -0.25) is 9.69 Å². The fourth-order valence-corrected chi connectivity index (χ4v) is 6.10. The quantitative estimate of drug-likeness (QED) is 0.345. The first-order valence-corrected chi connectivity index (χ1v) is 14.3. The summed E-state index contributed by atoms with van der Waals surface area (Å²) >= 11 is 0. The summed E-state index contributed by atoms with van der Waals surface area (Å²) in [5.74, 6) is -1.34. The molecule has 0 amide bonds. The van der Waals surface area contributed by atoms with Gasteiger partial charge in [-0.2, -0.15) is 5.26 Å². The Kier molecular flexibility index (Phi) is 7.69. The van der Waals surface area contributed by atoms with Crippen molar-refractivity contribution in [2.45, 2.75) is 19.4 Å². The molecule has 10 nitrogen and oxygen atoms in total. The number of carboxylic acids is 1. The van der Waals surface area contributed by atoms with Crippen LogP contribution in [-0.2, 0) is 6.54 Å². The predicted octanol–water partition coefficient (Wildman–Crippen LogP) is 4.03. The van der Waals surface area contributed by atoms with E-state index in [1.54, 1.807) is 22.9 Å². The van der Waals surface area contributed by atoms with Crippen molar-refractivity contribution in [1.29, 1.82) is 5.26 Å². The SMILES string of the molecule is COc1c(N2CCN(c3ncccc3C#N)CC2)c(F)cc2c(=O)c(C(=O)O)cn(-c3ccc(CN4CCCC4)cc3)c12. The van der Waals surface area contributed by atoms with Crippen molar-refractivity contribution in [2.75, 3.05) is 56.2 Å². The third kappa shape index (κ3) is 5.26. The van der Waals surface area contributed by atoms with E-state index in [1.807, 2.05) is 34.1 Å². The Morgan fingerprint density at radius 1 is 1.07 bits per heavy atom. The van der Waals surface area contributed by atoms with Crippen molar-refractivity contribution in [1.82, 2.24) is 14.5 Å². The third-order valence-electron chi connectivity index (χ3n) is 8.23. The highest BCUT2D eigenvalue weighted by Crippen LogP contribution is 2.40. The van der Waals surface area contributed by atoms with Crippen LogP contribution in [0.15, 0.2) is 59.7 Å². The van der Waals surface area contributed by atoms with E-state index < -0.39 is 22.8 Å². The zero-order valence-corrected chi connectivity index (χ0v) is 23.8. The number of aromatic carboxylic acids is 1. The summed E-state index contributed by atoms with van der Waals surface area (Å²) in [4.78, 5) is 35.9. The average molecular weight is 583 g/mol. The van der Waals surface area contributed by atoms with Crippen molar-refractivity contribution in [2.24, 2.45) is 0 Å². The second-order valence-electron chi connectivity index (χ2n) is 10.8. The summed E-state index contributed by atoms with van der Waals surface area (Å²) in [5.41, 5.74) is 1.46. The molecular formula is C32H31FN6O4. The number of anilines is 2. The molecule has 4 heterocycles. The molecule has 0 unspecified atom stereocenters. The largest absolute Gasteiger partial charge is 0.492 e. The number of carboxylic acid groups (broad SMARTS) is 1. The van der Waals surface area contributed by atoms with Crippen LogP contribution in [0.25, 0.3) is 16.6 Å². The number of rotatable bonds is 7. The summed E-state index contributed by atoms with van der Waals surface area (Å²) in [6.07, 6.45) is 5.31. The standard InChI is InChI=1S/C32H31FN6O4/c1-43-30-27-24(17-26(33)28(30)37-13-15-38(16-14-37)31-22(18-34)5-4-10-35-31)29(40)25(32(41)42)20-39(27)23-8-6-21(7-9-23)19-36-11-2-3-12-36/h4-10,17,20H,2-3,11-16,19H2,1H3,(H,41,42). The first-order chi connectivity index (χ1) is 20.9. The number of piperazine rings is 1. The number of ether oxygens (including phenoxy) is 1. The summed E-state index contributed by atoms with van der Waals surface area (Å²) in [6.45, 7) is 4.73. The minimum atomic E-state index is -1.39. The maximum absolute atomic E-state index is 15.9. The molecular weight excluding hydrogens is 551 g/mol. The van der Waals surface area contributed by atoms with Gasteiger partial charge < -0.3 is 24.2 Å². The first kappa shape index (κ1) is 28.2. The van der Waals surface area contributed by atoms with E-state index in [-0.39, 0.29) is 16.8 Å². The van der Waals surface area contributed by atoms with Crippen molar-refractivity contribution < 1.29 is 19.0 Å². The van der Waals surface area contributed by atoms with Crippen LogP contribution >= 0.6 is 0 Å². The molecule has 0 aliphatic carbocycles. The second-order valence-corrected chi connectivity index (χ2v) is 10.8. The number of likely N-dealkylation sites (tertiary alicyclic amines) is 1. The van der Waals surface area contributed by atoms with Gasteiger partial charge in [0.05, 0.1) is 18.1 Å². The van der Waals surface area contributed by atoms with Crippen molar-refractivity contribution >= 4 is 28.4 Å². The molecule has 0 saturated carbocycles. The van der Waals surface area contributed by atoms with Gasteiger partial charge >= 0.3 is 5.97 Å². The lowest BCUT2D eigenvalue weighted by atomic mass is 10.1. The third-order valence-corrected chi connectivity index (χ3v) is 8.23. The van der Waals surface area contributed by atoms with Gasteiger partial charge in [0.15, 0.2) is 11.6 Å². The van der Waals surface area contributed by atoms with Gasteiger partial charge in [0.1, 0.15) is 28.7 Å². The average Bonchev–Trinajstić information content (AvgIpc) is 3.54. The summed E-state index contributed by atoms with van der Waals surface area (Å²) < 4.78 is 23.3. The first-order valence-electron chi connectivity index (χ1n) is 14.3. The number of pyridine rings is 2.